The summed E-state index contributed by atoms with van der Waals surface area (Å²) in [6, 6.07) is 0. The molecule has 1 aromatic heterocycles. The lowest BCUT2D eigenvalue weighted by molar-refractivity contribution is 0.0672. The Balaban J connectivity index is 2.64. The highest BCUT2D eigenvalue weighted by atomic mass is 16.3. The van der Waals surface area contributed by atoms with Crippen molar-refractivity contribution < 1.29 is 5.11 Å². The van der Waals surface area contributed by atoms with E-state index >= 15 is 0 Å². The fraction of sp³-hybridized carbons (Fsp3) is 0.714. The first-order valence-electron chi connectivity index (χ1n) is 7.23. The average molecular weight is 281 g/mol. The molecule has 0 saturated heterocycles. The van der Waals surface area contributed by atoms with Gasteiger partial charge in [-0.15, -0.1) is 0 Å². The van der Waals surface area contributed by atoms with E-state index in [2.05, 4.69) is 27.6 Å². The van der Waals surface area contributed by atoms with E-state index in [1.165, 1.54) is 0 Å². The number of hydrogen-bond donors (Lipinski definition) is 3. The van der Waals surface area contributed by atoms with Gasteiger partial charge in [0.15, 0.2) is 5.96 Å². The second kappa shape index (κ2) is 7.89. The van der Waals surface area contributed by atoms with E-state index in [-0.39, 0.29) is 0 Å². The summed E-state index contributed by atoms with van der Waals surface area (Å²) in [5.74, 6) is 0.741. The van der Waals surface area contributed by atoms with Gasteiger partial charge in [0.2, 0.25) is 0 Å². The molecule has 0 saturated carbocycles. The summed E-state index contributed by atoms with van der Waals surface area (Å²) < 4.78 is 1.68. The van der Waals surface area contributed by atoms with Gasteiger partial charge in [-0.2, -0.15) is 5.10 Å². The van der Waals surface area contributed by atoms with Crippen LogP contribution in [0, 0.1) is 0 Å². The highest BCUT2D eigenvalue weighted by Gasteiger charge is 2.24. The van der Waals surface area contributed by atoms with Gasteiger partial charge in [0.25, 0.3) is 0 Å². The van der Waals surface area contributed by atoms with Crippen LogP contribution < -0.4 is 10.6 Å². The van der Waals surface area contributed by atoms with Crippen LogP contribution in [0.2, 0.25) is 0 Å². The van der Waals surface area contributed by atoms with Crippen molar-refractivity contribution in [1.29, 1.82) is 0 Å². The van der Waals surface area contributed by atoms with Crippen LogP contribution in [0.25, 0.3) is 0 Å². The van der Waals surface area contributed by atoms with Crippen molar-refractivity contribution in [2.24, 2.45) is 12.0 Å². The Labute approximate surface area is 121 Å². The largest absolute Gasteiger partial charge is 0.383 e. The summed E-state index contributed by atoms with van der Waals surface area (Å²) in [5.41, 5.74) is -0.241. The van der Waals surface area contributed by atoms with Crippen molar-refractivity contribution in [2.75, 3.05) is 19.6 Å². The molecule has 0 spiro atoms. The van der Waals surface area contributed by atoms with Crippen molar-refractivity contribution >= 4 is 5.96 Å². The molecule has 0 amide bonds. The SMILES string of the molecule is CCCCNC(=NCC(C)(O)c1cnn(C)c1)NCC. The van der Waals surface area contributed by atoms with Crippen LogP contribution in [-0.2, 0) is 12.6 Å². The molecule has 1 atom stereocenters. The van der Waals surface area contributed by atoms with E-state index in [0.717, 1.165) is 37.5 Å². The third-order valence-corrected chi connectivity index (χ3v) is 3.04. The number of aromatic nitrogens is 2. The molecular weight excluding hydrogens is 254 g/mol. The molecule has 1 unspecified atom stereocenters. The van der Waals surface area contributed by atoms with Crippen molar-refractivity contribution in [3.8, 4) is 0 Å². The Kier molecular flexibility index (Phi) is 6.51. The van der Waals surface area contributed by atoms with Crippen LogP contribution in [0.1, 0.15) is 39.2 Å². The van der Waals surface area contributed by atoms with E-state index in [0.29, 0.717) is 6.54 Å². The normalized spacial score (nSPS) is 14.9. The second-order valence-electron chi connectivity index (χ2n) is 5.15. The minimum atomic E-state index is -1.01. The molecule has 0 aliphatic heterocycles. The summed E-state index contributed by atoms with van der Waals surface area (Å²) >= 11 is 0. The zero-order valence-electron chi connectivity index (χ0n) is 13.0. The first-order chi connectivity index (χ1) is 9.49. The topological polar surface area (TPSA) is 74.5 Å². The Morgan fingerprint density at radius 1 is 1.45 bits per heavy atom. The zero-order valence-corrected chi connectivity index (χ0v) is 13.0. The summed E-state index contributed by atoms with van der Waals surface area (Å²) in [5, 5.41) is 21.0. The minimum absolute atomic E-state index is 0.292. The number of aryl methyl sites for hydroxylation is 1. The van der Waals surface area contributed by atoms with Gasteiger partial charge in [0, 0.05) is 31.9 Å². The molecule has 114 valence electrons. The smallest absolute Gasteiger partial charge is 0.191 e. The van der Waals surface area contributed by atoms with Gasteiger partial charge >= 0.3 is 0 Å². The third-order valence-electron chi connectivity index (χ3n) is 3.04. The zero-order chi connectivity index (χ0) is 15.0. The summed E-state index contributed by atoms with van der Waals surface area (Å²) in [6.45, 7) is 7.91. The highest BCUT2D eigenvalue weighted by molar-refractivity contribution is 5.79. The van der Waals surface area contributed by atoms with Crippen LogP contribution in [0.3, 0.4) is 0 Å². The summed E-state index contributed by atoms with van der Waals surface area (Å²) in [6.07, 6.45) is 5.73. The highest BCUT2D eigenvalue weighted by Crippen LogP contribution is 2.19. The number of nitrogens with one attached hydrogen (secondary N) is 2. The third kappa shape index (κ3) is 5.21. The number of nitrogens with zero attached hydrogens (tertiary/aromatic N) is 3. The number of rotatable bonds is 7. The molecule has 0 radical (unpaired) electrons. The van der Waals surface area contributed by atoms with Gasteiger partial charge < -0.3 is 15.7 Å². The molecule has 1 rings (SSSR count). The Morgan fingerprint density at radius 3 is 2.75 bits per heavy atom. The number of hydrogen-bond acceptors (Lipinski definition) is 3. The fourth-order valence-electron chi connectivity index (χ4n) is 1.75. The maximum atomic E-state index is 10.5. The van der Waals surface area contributed by atoms with Crippen LogP contribution in [0.5, 0.6) is 0 Å². The lowest BCUT2D eigenvalue weighted by Crippen LogP contribution is -2.39. The minimum Gasteiger partial charge on any atom is -0.383 e. The Hall–Kier alpha value is -1.56. The molecule has 0 bridgehead atoms. The molecule has 1 heterocycles. The lowest BCUT2D eigenvalue weighted by Gasteiger charge is -2.20. The molecule has 20 heavy (non-hydrogen) atoms. The van der Waals surface area contributed by atoms with Gasteiger partial charge in [0.1, 0.15) is 5.60 Å². The van der Waals surface area contributed by atoms with Crippen LogP contribution >= 0.6 is 0 Å². The Bertz CT molecular complexity index is 425. The Morgan fingerprint density at radius 2 is 2.20 bits per heavy atom. The summed E-state index contributed by atoms with van der Waals surface area (Å²) in [4.78, 5) is 4.45. The van der Waals surface area contributed by atoms with Gasteiger partial charge in [-0.05, 0) is 20.3 Å². The maximum absolute atomic E-state index is 10.5. The monoisotopic (exact) mass is 281 g/mol. The van der Waals surface area contributed by atoms with Gasteiger partial charge in [0.05, 0.1) is 12.7 Å². The first kappa shape index (κ1) is 16.5. The first-order valence-corrected chi connectivity index (χ1v) is 7.23. The number of unbranched alkanes of at least 4 members (excludes halogenated alkanes) is 1. The average Bonchev–Trinajstić information content (AvgIpc) is 2.84. The molecule has 0 aromatic carbocycles. The predicted molar refractivity (Wildman–Crippen MR) is 81.7 cm³/mol. The molecule has 0 fully saturated rings. The standard InChI is InChI=1S/C14H27N5O/c1-5-7-8-16-13(15-6-2)17-11-14(3,20)12-9-18-19(4)10-12/h9-10,20H,5-8,11H2,1-4H3,(H2,15,16,17). The van der Waals surface area contributed by atoms with Crippen LogP contribution in [0.4, 0.5) is 0 Å². The molecule has 6 heteroatoms. The van der Waals surface area contributed by atoms with Gasteiger partial charge in [-0.3, -0.25) is 4.68 Å². The van der Waals surface area contributed by atoms with E-state index in [1.807, 2.05) is 20.2 Å². The molecule has 0 aliphatic carbocycles. The molecule has 0 aliphatic rings. The van der Waals surface area contributed by atoms with Crippen molar-refractivity contribution in [2.45, 2.75) is 39.2 Å². The van der Waals surface area contributed by atoms with Crippen molar-refractivity contribution in [3.63, 3.8) is 0 Å². The fourth-order valence-corrected chi connectivity index (χ4v) is 1.75. The van der Waals surface area contributed by atoms with E-state index in [4.69, 9.17) is 0 Å². The maximum Gasteiger partial charge on any atom is 0.191 e. The number of aliphatic hydroxyl groups is 1. The quantitative estimate of drug-likeness (QED) is 0.396. The lowest BCUT2D eigenvalue weighted by atomic mass is 10.0. The summed E-state index contributed by atoms with van der Waals surface area (Å²) in [7, 11) is 1.83. The molecule has 1 aromatic rings. The van der Waals surface area contributed by atoms with Crippen LogP contribution in [-0.4, -0.2) is 40.5 Å². The number of guanidine groups is 1. The van der Waals surface area contributed by atoms with E-state index < -0.39 is 5.60 Å². The second-order valence-corrected chi connectivity index (χ2v) is 5.15. The van der Waals surface area contributed by atoms with E-state index in [9.17, 15) is 5.11 Å². The molecule has 6 nitrogen and oxygen atoms in total. The van der Waals surface area contributed by atoms with Crippen LogP contribution in [0.15, 0.2) is 17.4 Å². The number of aliphatic imine (C=N–C) groups is 1. The van der Waals surface area contributed by atoms with Gasteiger partial charge in [-0.1, -0.05) is 13.3 Å². The predicted octanol–water partition coefficient (Wildman–Crippen LogP) is 0.983. The molecular formula is C14H27N5O. The van der Waals surface area contributed by atoms with E-state index in [1.54, 1.807) is 17.8 Å². The van der Waals surface area contributed by atoms with Gasteiger partial charge in [-0.25, -0.2) is 4.99 Å². The molecule has 3 N–H and O–H groups in total. The van der Waals surface area contributed by atoms with Crippen molar-refractivity contribution in [1.82, 2.24) is 20.4 Å². The van der Waals surface area contributed by atoms with Crippen molar-refractivity contribution in [3.05, 3.63) is 18.0 Å².